The number of carbonyl (C=O) groups excluding carboxylic acids is 1. The van der Waals surface area contributed by atoms with Gasteiger partial charge in [-0.05, 0) is 19.4 Å². The molecule has 2 aromatic rings. The number of ether oxygens (including phenoxy) is 2. The standard InChI is InChI=1S/C21H27N3O4/c1-15(2)24-13-18-19(22-24)17(25)12-21(28-18)8-10-23(11-9-21)20(26)27-14-16-6-4-3-5-7-16/h3-7,13,15,17,25H,8-12,14H2,1-2H3. The van der Waals surface area contributed by atoms with Gasteiger partial charge in [0.1, 0.15) is 24.0 Å². The van der Waals surface area contributed by atoms with Gasteiger partial charge in [-0.3, -0.25) is 4.68 Å². The van der Waals surface area contributed by atoms with Crippen molar-refractivity contribution in [2.45, 2.75) is 57.5 Å². The lowest BCUT2D eigenvalue weighted by Gasteiger charge is -2.44. The van der Waals surface area contributed by atoms with Crippen LogP contribution in [0.2, 0.25) is 0 Å². The average Bonchev–Trinajstić information content (AvgIpc) is 3.12. The van der Waals surface area contributed by atoms with E-state index in [1.165, 1.54) is 0 Å². The molecule has 1 N–H and O–H groups in total. The van der Waals surface area contributed by atoms with Crippen molar-refractivity contribution in [3.05, 3.63) is 47.8 Å². The molecule has 1 atom stereocenters. The Morgan fingerprint density at radius 1 is 1.32 bits per heavy atom. The van der Waals surface area contributed by atoms with Crippen LogP contribution < -0.4 is 4.74 Å². The minimum absolute atomic E-state index is 0.207. The Balaban J connectivity index is 1.36. The van der Waals surface area contributed by atoms with Gasteiger partial charge in [0, 0.05) is 38.4 Å². The van der Waals surface area contributed by atoms with Crippen LogP contribution in [0.4, 0.5) is 4.79 Å². The predicted octanol–water partition coefficient (Wildman–Crippen LogP) is 3.45. The zero-order chi connectivity index (χ0) is 19.7. The predicted molar refractivity (Wildman–Crippen MR) is 103 cm³/mol. The molecule has 1 amide bonds. The van der Waals surface area contributed by atoms with E-state index in [1.54, 1.807) is 4.90 Å². The van der Waals surface area contributed by atoms with E-state index in [-0.39, 0.29) is 18.7 Å². The Labute approximate surface area is 164 Å². The van der Waals surface area contributed by atoms with E-state index >= 15 is 0 Å². The molecular weight excluding hydrogens is 358 g/mol. The molecule has 0 aliphatic carbocycles. The van der Waals surface area contributed by atoms with Crippen LogP contribution in [0.3, 0.4) is 0 Å². The highest BCUT2D eigenvalue weighted by atomic mass is 16.6. The van der Waals surface area contributed by atoms with E-state index in [9.17, 15) is 9.90 Å². The molecular formula is C21H27N3O4. The van der Waals surface area contributed by atoms with Gasteiger partial charge >= 0.3 is 6.09 Å². The molecule has 0 radical (unpaired) electrons. The fourth-order valence-corrected chi connectivity index (χ4v) is 3.90. The number of benzene rings is 1. The molecule has 2 aliphatic rings. The zero-order valence-electron chi connectivity index (χ0n) is 16.4. The third kappa shape index (κ3) is 3.71. The van der Waals surface area contributed by atoms with E-state index in [0.717, 1.165) is 5.56 Å². The molecule has 7 nitrogen and oxygen atoms in total. The number of amides is 1. The molecule has 2 aliphatic heterocycles. The number of rotatable bonds is 3. The smallest absolute Gasteiger partial charge is 0.410 e. The topological polar surface area (TPSA) is 76.8 Å². The molecule has 0 bridgehead atoms. The van der Waals surface area contributed by atoms with Gasteiger partial charge in [-0.25, -0.2) is 4.79 Å². The van der Waals surface area contributed by atoms with E-state index < -0.39 is 11.7 Å². The maximum absolute atomic E-state index is 12.4. The first-order valence-electron chi connectivity index (χ1n) is 9.87. The molecule has 0 saturated carbocycles. The van der Waals surface area contributed by atoms with Crippen LogP contribution in [0.25, 0.3) is 0 Å². The van der Waals surface area contributed by atoms with E-state index in [1.807, 2.05) is 55.1 Å². The molecule has 1 unspecified atom stereocenters. The fourth-order valence-electron chi connectivity index (χ4n) is 3.90. The Morgan fingerprint density at radius 3 is 2.71 bits per heavy atom. The van der Waals surface area contributed by atoms with Crippen molar-refractivity contribution in [1.82, 2.24) is 14.7 Å². The van der Waals surface area contributed by atoms with Crippen molar-refractivity contribution in [1.29, 1.82) is 0 Å². The van der Waals surface area contributed by atoms with Crippen LogP contribution in [0.15, 0.2) is 36.5 Å². The quantitative estimate of drug-likeness (QED) is 0.876. The normalized spacial score (nSPS) is 20.7. The number of piperidine rings is 1. The number of likely N-dealkylation sites (tertiary alicyclic amines) is 1. The van der Waals surface area contributed by atoms with Gasteiger partial charge < -0.3 is 19.5 Å². The molecule has 7 heteroatoms. The molecule has 28 heavy (non-hydrogen) atoms. The summed E-state index contributed by atoms with van der Waals surface area (Å²) in [5, 5.41) is 15.1. The summed E-state index contributed by atoms with van der Waals surface area (Å²) in [5.74, 6) is 0.660. The maximum Gasteiger partial charge on any atom is 0.410 e. The fraction of sp³-hybridized carbons (Fsp3) is 0.524. The van der Waals surface area contributed by atoms with Gasteiger partial charge in [-0.2, -0.15) is 5.10 Å². The Hall–Kier alpha value is -2.54. The lowest BCUT2D eigenvalue weighted by Crippen LogP contribution is -2.51. The second-order valence-electron chi connectivity index (χ2n) is 7.98. The van der Waals surface area contributed by atoms with E-state index in [0.29, 0.717) is 43.8 Å². The minimum atomic E-state index is -0.639. The first kappa shape index (κ1) is 18.8. The molecule has 1 saturated heterocycles. The Bertz CT molecular complexity index is 825. The number of aromatic nitrogens is 2. The van der Waals surface area contributed by atoms with Crippen LogP contribution in [-0.4, -0.2) is 44.6 Å². The van der Waals surface area contributed by atoms with Gasteiger partial charge in [-0.15, -0.1) is 0 Å². The highest BCUT2D eigenvalue weighted by molar-refractivity contribution is 5.67. The van der Waals surface area contributed by atoms with Crippen molar-refractivity contribution >= 4 is 6.09 Å². The second kappa shape index (κ2) is 7.47. The van der Waals surface area contributed by atoms with Crippen molar-refractivity contribution in [2.75, 3.05) is 13.1 Å². The van der Waals surface area contributed by atoms with Gasteiger partial charge in [0.2, 0.25) is 0 Å². The number of fused-ring (bicyclic) bond motifs is 1. The van der Waals surface area contributed by atoms with E-state index in [4.69, 9.17) is 9.47 Å². The molecule has 3 heterocycles. The van der Waals surface area contributed by atoms with Crippen LogP contribution in [0.1, 0.15) is 56.5 Å². The van der Waals surface area contributed by atoms with Crippen LogP contribution in [0, 0.1) is 0 Å². The Morgan fingerprint density at radius 2 is 2.04 bits per heavy atom. The summed E-state index contributed by atoms with van der Waals surface area (Å²) in [4.78, 5) is 14.1. The van der Waals surface area contributed by atoms with Crippen LogP contribution >= 0.6 is 0 Å². The summed E-state index contributed by atoms with van der Waals surface area (Å²) in [6.07, 6.45) is 2.75. The van der Waals surface area contributed by atoms with Crippen LogP contribution in [-0.2, 0) is 11.3 Å². The molecule has 1 aromatic heterocycles. The lowest BCUT2D eigenvalue weighted by atomic mass is 9.83. The first-order chi connectivity index (χ1) is 13.5. The highest BCUT2D eigenvalue weighted by Gasteiger charge is 2.45. The zero-order valence-corrected chi connectivity index (χ0v) is 16.4. The summed E-state index contributed by atoms with van der Waals surface area (Å²) >= 11 is 0. The Kier molecular flexibility index (Phi) is 5.02. The molecule has 1 fully saturated rings. The first-order valence-corrected chi connectivity index (χ1v) is 9.87. The van der Waals surface area contributed by atoms with Gasteiger partial charge in [0.15, 0.2) is 5.75 Å². The number of hydrogen-bond acceptors (Lipinski definition) is 5. The lowest BCUT2D eigenvalue weighted by molar-refractivity contribution is -0.0531. The SMILES string of the molecule is CC(C)n1cc2c(n1)C(O)CC1(CCN(C(=O)OCc3ccccc3)CC1)O2. The average molecular weight is 385 g/mol. The highest BCUT2D eigenvalue weighted by Crippen LogP contribution is 2.44. The van der Waals surface area contributed by atoms with Crippen molar-refractivity contribution in [3.8, 4) is 5.75 Å². The molecule has 4 rings (SSSR count). The molecule has 1 spiro atoms. The van der Waals surface area contributed by atoms with Crippen molar-refractivity contribution in [2.24, 2.45) is 0 Å². The molecule has 1 aromatic carbocycles. The number of nitrogens with zero attached hydrogens (tertiary/aromatic N) is 3. The van der Waals surface area contributed by atoms with Gasteiger partial charge in [0.25, 0.3) is 0 Å². The number of carbonyl (C=O) groups is 1. The summed E-state index contributed by atoms with van der Waals surface area (Å²) in [6, 6.07) is 9.86. The summed E-state index contributed by atoms with van der Waals surface area (Å²) in [6.45, 7) is 5.45. The summed E-state index contributed by atoms with van der Waals surface area (Å²) < 4.78 is 13.6. The number of aliphatic hydroxyl groups is 1. The third-order valence-corrected chi connectivity index (χ3v) is 5.60. The third-order valence-electron chi connectivity index (χ3n) is 5.60. The largest absolute Gasteiger partial charge is 0.483 e. The van der Waals surface area contributed by atoms with Crippen molar-refractivity contribution in [3.63, 3.8) is 0 Å². The summed E-state index contributed by atoms with van der Waals surface area (Å²) in [5.41, 5.74) is 1.13. The minimum Gasteiger partial charge on any atom is -0.483 e. The van der Waals surface area contributed by atoms with Crippen LogP contribution in [0.5, 0.6) is 5.75 Å². The monoisotopic (exact) mass is 385 g/mol. The van der Waals surface area contributed by atoms with Gasteiger partial charge in [-0.1, -0.05) is 30.3 Å². The number of hydrogen-bond donors (Lipinski definition) is 1. The maximum atomic E-state index is 12.4. The number of aliphatic hydroxyl groups excluding tert-OH is 1. The van der Waals surface area contributed by atoms with Crippen molar-refractivity contribution < 1.29 is 19.4 Å². The second-order valence-corrected chi connectivity index (χ2v) is 7.98. The van der Waals surface area contributed by atoms with E-state index in [2.05, 4.69) is 5.10 Å². The molecule has 150 valence electrons. The summed E-state index contributed by atoms with van der Waals surface area (Å²) in [7, 11) is 0. The van der Waals surface area contributed by atoms with Gasteiger partial charge in [0.05, 0.1) is 6.20 Å².